The standard InChI is InChI=1S/C18H21N5O5/c1-3-21-6-7-22-13-5-4-12(23(27)28)8-11(13)9-18(14(22)10-21)15(24)19-17(26)20(2)16(18)25/h4-5,8,14H,3,6-7,9-10H2,1-2H3,(H,19,24,26)/t14-,18+/m1/s1. The highest BCUT2D eigenvalue weighted by molar-refractivity contribution is 6.20. The van der Waals surface area contributed by atoms with Crippen molar-refractivity contribution in [2.24, 2.45) is 5.41 Å². The lowest BCUT2D eigenvalue weighted by Gasteiger charge is -2.55. The number of benzene rings is 1. The maximum absolute atomic E-state index is 13.3. The van der Waals surface area contributed by atoms with Crippen LogP contribution in [0.4, 0.5) is 16.2 Å². The van der Waals surface area contributed by atoms with E-state index in [1.807, 2.05) is 11.8 Å². The number of barbiturate groups is 1. The summed E-state index contributed by atoms with van der Waals surface area (Å²) in [4.78, 5) is 54.1. The number of likely N-dealkylation sites (N-methyl/N-ethyl adjacent to an activating group) is 1. The Morgan fingerprint density at radius 2 is 2.04 bits per heavy atom. The second-order valence-electron chi connectivity index (χ2n) is 7.44. The molecular formula is C18H21N5O5. The summed E-state index contributed by atoms with van der Waals surface area (Å²) in [5.74, 6) is -1.20. The first kappa shape index (κ1) is 18.4. The molecule has 0 radical (unpaired) electrons. The zero-order valence-corrected chi connectivity index (χ0v) is 15.7. The van der Waals surface area contributed by atoms with E-state index in [2.05, 4.69) is 10.2 Å². The minimum Gasteiger partial charge on any atom is -0.364 e. The maximum Gasteiger partial charge on any atom is 0.330 e. The number of nitrogens with zero attached hydrogens (tertiary/aromatic N) is 4. The lowest BCUT2D eigenvalue weighted by Crippen LogP contribution is -2.74. The Morgan fingerprint density at radius 3 is 2.71 bits per heavy atom. The van der Waals surface area contributed by atoms with Crippen molar-refractivity contribution in [3.05, 3.63) is 33.9 Å². The number of imide groups is 2. The molecule has 1 spiro atoms. The van der Waals surface area contributed by atoms with Crippen LogP contribution in [0.5, 0.6) is 0 Å². The monoisotopic (exact) mass is 387 g/mol. The number of fused-ring (bicyclic) bond motifs is 4. The van der Waals surface area contributed by atoms with Gasteiger partial charge in [0.05, 0.1) is 11.0 Å². The summed E-state index contributed by atoms with van der Waals surface area (Å²) in [6, 6.07) is 3.35. The minimum atomic E-state index is -1.50. The normalized spacial score (nSPS) is 27.5. The largest absolute Gasteiger partial charge is 0.364 e. The number of amides is 4. The lowest BCUT2D eigenvalue weighted by atomic mass is 9.67. The van der Waals surface area contributed by atoms with Gasteiger partial charge in [0.2, 0.25) is 11.8 Å². The number of urea groups is 1. The van der Waals surface area contributed by atoms with Gasteiger partial charge in [0.25, 0.3) is 5.69 Å². The SMILES string of the molecule is CCN1CCN2c3ccc([N+](=O)[O-])cc3C[C@@]3(C(=O)NC(=O)N(C)C3=O)[C@H]2C1. The van der Waals surface area contributed by atoms with E-state index in [0.717, 1.165) is 23.7 Å². The van der Waals surface area contributed by atoms with Gasteiger partial charge in [0.15, 0.2) is 5.41 Å². The van der Waals surface area contributed by atoms with Crippen LogP contribution >= 0.6 is 0 Å². The molecule has 3 heterocycles. The minimum absolute atomic E-state index is 0.0189. The van der Waals surface area contributed by atoms with Crippen molar-refractivity contribution in [3.63, 3.8) is 0 Å². The zero-order valence-electron chi connectivity index (χ0n) is 15.7. The summed E-state index contributed by atoms with van der Waals surface area (Å²) in [7, 11) is 1.35. The molecule has 10 nitrogen and oxygen atoms in total. The van der Waals surface area contributed by atoms with Crippen LogP contribution in [-0.4, -0.2) is 71.8 Å². The highest BCUT2D eigenvalue weighted by atomic mass is 16.6. The van der Waals surface area contributed by atoms with Crippen LogP contribution in [0.25, 0.3) is 0 Å². The Bertz CT molecular complexity index is 902. The summed E-state index contributed by atoms with van der Waals surface area (Å²) < 4.78 is 0. The van der Waals surface area contributed by atoms with Gasteiger partial charge in [-0.25, -0.2) is 4.79 Å². The van der Waals surface area contributed by atoms with Crippen LogP contribution in [0.15, 0.2) is 18.2 Å². The van der Waals surface area contributed by atoms with E-state index < -0.39 is 34.2 Å². The van der Waals surface area contributed by atoms with Crippen molar-refractivity contribution >= 4 is 29.2 Å². The number of nitro benzene ring substituents is 1. The highest BCUT2D eigenvalue weighted by Crippen LogP contribution is 2.46. The number of nitrogens with one attached hydrogen (secondary N) is 1. The molecule has 0 aliphatic carbocycles. The van der Waals surface area contributed by atoms with Gasteiger partial charge in [0.1, 0.15) is 0 Å². The van der Waals surface area contributed by atoms with Gasteiger partial charge in [-0.05, 0) is 18.2 Å². The molecule has 28 heavy (non-hydrogen) atoms. The molecule has 4 rings (SSSR count). The van der Waals surface area contributed by atoms with Gasteiger partial charge in [-0.1, -0.05) is 6.92 Å². The molecule has 2 atom stereocenters. The second-order valence-corrected chi connectivity index (χ2v) is 7.44. The van der Waals surface area contributed by atoms with Crippen LogP contribution in [-0.2, 0) is 16.0 Å². The van der Waals surface area contributed by atoms with Crippen molar-refractivity contribution in [1.29, 1.82) is 0 Å². The van der Waals surface area contributed by atoms with Crippen molar-refractivity contribution in [1.82, 2.24) is 15.1 Å². The van der Waals surface area contributed by atoms with Crippen molar-refractivity contribution in [3.8, 4) is 0 Å². The molecule has 0 aromatic heterocycles. The Kier molecular flexibility index (Phi) is 4.11. The zero-order chi connectivity index (χ0) is 20.2. The third-order valence-electron chi connectivity index (χ3n) is 6.15. The molecular weight excluding hydrogens is 366 g/mol. The molecule has 2 fully saturated rings. The van der Waals surface area contributed by atoms with Gasteiger partial charge in [-0.3, -0.25) is 34.8 Å². The third kappa shape index (κ3) is 2.40. The molecule has 0 saturated carbocycles. The van der Waals surface area contributed by atoms with Gasteiger partial charge in [-0.2, -0.15) is 0 Å². The molecule has 148 valence electrons. The number of nitro groups is 1. The fourth-order valence-electron chi connectivity index (χ4n) is 4.59. The Labute approximate surface area is 161 Å². The van der Waals surface area contributed by atoms with E-state index in [1.54, 1.807) is 6.07 Å². The number of hydrogen-bond acceptors (Lipinski definition) is 7. The molecule has 0 bridgehead atoms. The fraction of sp³-hybridized carbons (Fsp3) is 0.500. The number of piperazine rings is 1. The summed E-state index contributed by atoms with van der Waals surface area (Å²) in [6.07, 6.45) is 0.0189. The molecule has 2 saturated heterocycles. The Hall–Kier alpha value is -3.01. The quantitative estimate of drug-likeness (QED) is 0.442. The topological polar surface area (TPSA) is 116 Å². The predicted octanol–water partition coefficient (Wildman–Crippen LogP) is 0.356. The molecule has 4 amide bonds. The van der Waals surface area contributed by atoms with Crippen LogP contribution in [0.1, 0.15) is 12.5 Å². The van der Waals surface area contributed by atoms with Crippen molar-refractivity contribution < 1.29 is 19.3 Å². The average molecular weight is 387 g/mol. The number of hydrogen-bond donors (Lipinski definition) is 1. The number of carbonyl (C=O) groups is 3. The van der Waals surface area contributed by atoms with E-state index in [9.17, 15) is 24.5 Å². The fourth-order valence-corrected chi connectivity index (χ4v) is 4.59. The molecule has 3 aliphatic heterocycles. The first-order chi connectivity index (χ1) is 13.3. The lowest BCUT2D eigenvalue weighted by molar-refractivity contribution is -0.384. The van der Waals surface area contributed by atoms with Crippen LogP contribution in [0, 0.1) is 15.5 Å². The Morgan fingerprint density at radius 1 is 1.29 bits per heavy atom. The second kappa shape index (κ2) is 6.26. The number of anilines is 1. The van der Waals surface area contributed by atoms with E-state index in [-0.39, 0.29) is 12.1 Å². The average Bonchev–Trinajstić information content (AvgIpc) is 2.69. The molecule has 1 aromatic rings. The molecule has 0 unspecified atom stereocenters. The molecule has 1 N–H and O–H groups in total. The summed E-state index contributed by atoms with van der Waals surface area (Å²) in [5, 5.41) is 13.5. The molecule has 1 aromatic carbocycles. The third-order valence-corrected chi connectivity index (χ3v) is 6.15. The van der Waals surface area contributed by atoms with Gasteiger partial charge in [0, 0.05) is 50.9 Å². The Balaban J connectivity index is 1.89. The van der Waals surface area contributed by atoms with E-state index in [0.29, 0.717) is 18.7 Å². The number of rotatable bonds is 2. The number of non-ortho nitro benzene ring substituents is 1. The van der Waals surface area contributed by atoms with Crippen molar-refractivity contribution in [2.75, 3.05) is 38.1 Å². The molecule has 10 heteroatoms. The van der Waals surface area contributed by atoms with Gasteiger partial charge < -0.3 is 4.90 Å². The highest BCUT2D eigenvalue weighted by Gasteiger charge is 2.62. The van der Waals surface area contributed by atoms with Crippen molar-refractivity contribution in [2.45, 2.75) is 19.4 Å². The van der Waals surface area contributed by atoms with Crippen LogP contribution in [0.3, 0.4) is 0 Å². The summed E-state index contributed by atoms with van der Waals surface area (Å²) in [6.45, 7) is 4.63. The predicted molar refractivity (Wildman–Crippen MR) is 98.8 cm³/mol. The van der Waals surface area contributed by atoms with E-state index in [1.165, 1.54) is 19.2 Å². The number of carbonyl (C=O) groups excluding carboxylic acids is 3. The summed E-state index contributed by atoms with van der Waals surface area (Å²) in [5.41, 5.74) is -0.218. The van der Waals surface area contributed by atoms with E-state index in [4.69, 9.17) is 0 Å². The molecule has 3 aliphatic rings. The van der Waals surface area contributed by atoms with Crippen LogP contribution in [0.2, 0.25) is 0 Å². The smallest absolute Gasteiger partial charge is 0.330 e. The first-order valence-corrected chi connectivity index (χ1v) is 9.19. The van der Waals surface area contributed by atoms with E-state index >= 15 is 0 Å². The summed E-state index contributed by atoms with van der Waals surface area (Å²) >= 11 is 0. The maximum atomic E-state index is 13.3. The van der Waals surface area contributed by atoms with Crippen LogP contribution < -0.4 is 10.2 Å². The van der Waals surface area contributed by atoms with Gasteiger partial charge in [-0.15, -0.1) is 0 Å². The first-order valence-electron chi connectivity index (χ1n) is 9.19. The van der Waals surface area contributed by atoms with Gasteiger partial charge >= 0.3 is 6.03 Å².